The van der Waals surface area contributed by atoms with E-state index in [1.807, 2.05) is 6.07 Å². The van der Waals surface area contributed by atoms with Gasteiger partial charge in [-0.25, -0.2) is 0 Å². The average molecular weight is 273 g/mol. The van der Waals surface area contributed by atoms with Gasteiger partial charge in [-0.05, 0) is 44.8 Å². The van der Waals surface area contributed by atoms with Crippen LogP contribution in [0.2, 0.25) is 0 Å². The molecule has 0 atom stereocenters. The minimum atomic E-state index is 0.412. The van der Waals surface area contributed by atoms with E-state index < -0.39 is 0 Å². The van der Waals surface area contributed by atoms with Crippen LogP contribution in [0.1, 0.15) is 24.5 Å². The molecule has 1 aromatic rings. The molecule has 0 amide bonds. The van der Waals surface area contributed by atoms with E-state index in [9.17, 15) is 0 Å². The van der Waals surface area contributed by atoms with Gasteiger partial charge in [-0.1, -0.05) is 30.9 Å². The average Bonchev–Trinajstić information content (AvgIpc) is 2.43. The first-order valence-electron chi connectivity index (χ1n) is 7.30. The standard InChI is InChI=1S/C17H27N3/c1-4-11-20(13-12-19(2)3)15-17-8-5-7-16(14-17)9-6-10-18/h5,7-8,14H,4,10-13,15,18H2,1-3H3. The first-order valence-corrected chi connectivity index (χ1v) is 7.30. The zero-order valence-corrected chi connectivity index (χ0v) is 13.0. The summed E-state index contributed by atoms with van der Waals surface area (Å²) >= 11 is 0. The van der Waals surface area contributed by atoms with Crippen molar-refractivity contribution in [1.82, 2.24) is 9.80 Å². The Hall–Kier alpha value is -1.34. The number of hydrogen-bond acceptors (Lipinski definition) is 3. The van der Waals surface area contributed by atoms with Gasteiger partial charge in [0.1, 0.15) is 0 Å². The quantitative estimate of drug-likeness (QED) is 0.769. The second-order valence-corrected chi connectivity index (χ2v) is 5.29. The molecule has 0 spiro atoms. The third-order valence-corrected chi connectivity index (χ3v) is 3.07. The van der Waals surface area contributed by atoms with E-state index in [4.69, 9.17) is 5.73 Å². The van der Waals surface area contributed by atoms with E-state index in [2.05, 4.69) is 60.9 Å². The van der Waals surface area contributed by atoms with Gasteiger partial charge in [-0.2, -0.15) is 0 Å². The fourth-order valence-electron chi connectivity index (χ4n) is 2.09. The molecule has 1 aromatic carbocycles. The van der Waals surface area contributed by atoms with Crippen LogP contribution in [0.15, 0.2) is 24.3 Å². The summed E-state index contributed by atoms with van der Waals surface area (Å²) in [5, 5.41) is 0. The second-order valence-electron chi connectivity index (χ2n) is 5.29. The highest BCUT2D eigenvalue weighted by Crippen LogP contribution is 2.08. The van der Waals surface area contributed by atoms with Gasteiger partial charge in [0.05, 0.1) is 6.54 Å². The van der Waals surface area contributed by atoms with Crippen molar-refractivity contribution in [3.63, 3.8) is 0 Å². The number of benzene rings is 1. The zero-order valence-electron chi connectivity index (χ0n) is 13.0. The molecule has 110 valence electrons. The highest BCUT2D eigenvalue weighted by Gasteiger charge is 2.05. The zero-order chi connectivity index (χ0) is 14.8. The molecule has 0 unspecified atom stereocenters. The molecule has 0 radical (unpaired) electrons. The molecule has 3 heteroatoms. The monoisotopic (exact) mass is 273 g/mol. The van der Waals surface area contributed by atoms with Crippen molar-refractivity contribution in [2.24, 2.45) is 5.73 Å². The van der Waals surface area contributed by atoms with Gasteiger partial charge < -0.3 is 10.6 Å². The number of hydrogen-bond donors (Lipinski definition) is 1. The Balaban J connectivity index is 2.67. The summed E-state index contributed by atoms with van der Waals surface area (Å²) in [6.45, 7) is 6.94. The highest BCUT2D eigenvalue weighted by atomic mass is 15.2. The minimum Gasteiger partial charge on any atom is -0.320 e. The molecule has 0 bridgehead atoms. The van der Waals surface area contributed by atoms with Gasteiger partial charge in [-0.15, -0.1) is 0 Å². The number of nitrogens with zero attached hydrogens (tertiary/aromatic N) is 2. The van der Waals surface area contributed by atoms with Crippen molar-refractivity contribution < 1.29 is 0 Å². The fraction of sp³-hybridized carbons (Fsp3) is 0.529. The SMILES string of the molecule is CCCN(CCN(C)C)Cc1cccc(C#CCN)c1. The molecule has 3 nitrogen and oxygen atoms in total. The Morgan fingerprint density at radius 1 is 1.15 bits per heavy atom. The van der Waals surface area contributed by atoms with Crippen LogP contribution in [0, 0.1) is 11.8 Å². The van der Waals surface area contributed by atoms with E-state index in [0.717, 1.165) is 31.7 Å². The van der Waals surface area contributed by atoms with Crippen LogP contribution in [0.3, 0.4) is 0 Å². The first-order chi connectivity index (χ1) is 9.65. The maximum Gasteiger partial charge on any atom is 0.0555 e. The third kappa shape index (κ3) is 6.72. The summed E-state index contributed by atoms with van der Waals surface area (Å²) in [6, 6.07) is 8.45. The molecular weight excluding hydrogens is 246 g/mol. The predicted octanol–water partition coefficient (Wildman–Crippen LogP) is 1.77. The summed E-state index contributed by atoms with van der Waals surface area (Å²) in [6.07, 6.45) is 1.18. The van der Waals surface area contributed by atoms with Gasteiger partial charge >= 0.3 is 0 Å². The van der Waals surface area contributed by atoms with E-state index in [1.54, 1.807) is 0 Å². The molecule has 0 aliphatic rings. The van der Waals surface area contributed by atoms with Gasteiger partial charge in [0.25, 0.3) is 0 Å². The number of likely N-dealkylation sites (N-methyl/N-ethyl adjacent to an activating group) is 1. The minimum absolute atomic E-state index is 0.412. The highest BCUT2D eigenvalue weighted by molar-refractivity contribution is 5.37. The molecule has 0 aliphatic heterocycles. The Kier molecular flexibility index (Phi) is 7.98. The molecule has 2 N–H and O–H groups in total. The van der Waals surface area contributed by atoms with Gasteiger partial charge in [0.2, 0.25) is 0 Å². The predicted molar refractivity (Wildman–Crippen MR) is 86.5 cm³/mol. The Morgan fingerprint density at radius 2 is 1.95 bits per heavy atom. The lowest BCUT2D eigenvalue weighted by atomic mass is 10.1. The molecule has 20 heavy (non-hydrogen) atoms. The molecule has 0 saturated heterocycles. The van der Waals surface area contributed by atoms with E-state index in [0.29, 0.717) is 6.54 Å². The van der Waals surface area contributed by atoms with Crippen molar-refractivity contribution in [3.05, 3.63) is 35.4 Å². The summed E-state index contributed by atoms with van der Waals surface area (Å²) in [5.41, 5.74) is 7.79. The van der Waals surface area contributed by atoms with Gasteiger partial charge in [0.15, 0.2) is 0 Å². The van der Waals surface area contributed by atoms with Crippen molar-refractivity contribution in [1.29, 1.82) is 0 Å². The van der Waals surface area contributed by atoms with Crippen LogP contribution in [-0.4, -0.2) is 50.1 Å². The largest absolute Gasteiger partial charge is 0.320 e. The van der Waals surface area contributed by atoms with E-state index >= 15 is 0 Å². The second kappa shape index (κ2) is 9.55. The van der Waals surface area contributed by atoms with Crippen molar-refractivity contribution in [3.8, 4) is 11.8 Å². The smallest absolute Gasteiger partial charge is 0.0555 e. The van der Waals surface area contributed by atoms with Crippen LogP contribution in [0.25, 0.3) is 0 Å². The van der Waals surface area contributed by atoms with Crippen LogP contribution in [-0.2, 0) is 6.54 Å². The van der Waals surface area contributed by atoms with Crippen LogP contribution in [0.4, 0.5) is 0 Å². The van der Waals surface area contributed by atoms with Gasteiger partial charge in [-0.3, -0.25) is 4.90 Å². The summed E-state index contributed by atoms with van der Waals surface area (Å²) < 4.78 is 0. The normalized spacial score (nSPS) is 10.7. The number of rotatable bonds is 7. The molecule has 0 heterocycles. The van der Waals surface area contributed by atoms with Crippen molar-refractivity contribution >= 4 is 0 Å². The van der Waals surface area contributed by atoms with Crippen LogP contribution >= 0.6 is 0 Å². The topological polar surface area (TPSA) is 32.5 Å². The Morgan fingerprint density at radius 3 is 2.60 bits per heavy atom. The summed E-state index contributed by atoms with van der Waals surface area (Å²) in [7, 11) is 4.24. The number of nitrogens with two attached hydrogens (primary N) is 1. The van der Waals surface area contributed by atoms with Crippen molar-refractivity contribution in [2.45, 2.75) is 19.9 Å². The van der Waals surface area contributed by atoms with Crippen LogP contribution in [0.5, 0.6) is 0 Å². The summed E-state index contributed by atoms with van der Waals surface area (Å²) in [4.78, 5) is 4.72. The molecule has 0 saturated carbocycles. The van der Waals surface area contributed by atoms with E-state index in [-0.39, 0.29) is 0 Å². The van der Waals surface area contributed by atoms with Gasteiger partial charge in [0, 0.05) is 25.2 Å². The lowest BCUT2D eigenvalue weighted by Crippen LogP contribution is -2.32. The molecule has 0 aromatic heterocycles. The maximum atomic E-state index is 5.42. The van der Waals surface area contributed by atoms with Crippen molar-refractivity contribution in [2.75, 3.05) is 40.3 Å². The lowest BCUT2D eigenvalue weighted by molar-refractivity contribution is 0.234. The molecule has 0 aliphatic carbocycles. The molecule has 0 fully saturated rings. The van der Waals surface area contributed by atoms with E-state index in [1.165, 1.54) is 12.0 Å². The summed E-state index contributed by atoms with van der Waals surface area (Å²) in [5.74, 6) is 6.01. The fourth-order valence-corrected chi connectivity index (χ4v) is 2.09. The third-order valence-electron chi connectivity index (χ3n) is 3.07. The Labute approximate surface area is 123 Å². The van der Waals surface area contributed by atoms with Crippen LogP contribution < -0.4 is 5.73 Å². The maximum absolute atomic E-state index is 5.42. The lowest BCUT2D eigenvalue weighted by Gasteiger charge is -2.23. The Bertz CT molecular complexity index is 443. The molecular formula is C17H27N3. The molecule has 1 rings (SSSR count). The first kappa shape index (κ1) is 16.7.